The smallest absolute Gasteiger partial charge is 0.319 e. The fourth-order valence-corrected chi connectivity index (χ4v) is 2.47. The second-order valence-electron chi connectivity index (χ2n) is 5.31. The standard InChI is InChI=1S/C12H22N6OS/c1-10-13-18(12(20)15(10)4)9-16-5-7-17(8-6-16)11(19)14(2)3/h5-9H2,1-4H3. The number of aromatic nitrogens is 3. The molecule has 20 heavy (non-hydrogen) atoms. The van der Waals surface area contributed by atoms with Gasteiger partial charge in [0.2, 0.25) is 0 Å². The van der Waals surface area contributed by atoms with E-state index in [0.717, 1.165) is 36.8 Å². The molecule has 1 aliphatic rings. The van der Waals surface area contributed by atoms with E-state index in [1.165, 1.54) is 0 Å². The van der Waals surface area contributed by atoms with Crippen LogP contribution in [0, 0.1) is 11.7 Å². The zero-order chi connectivity index (χ0) is 14.9. The molecule has 7 nitrogen and oxygen atoms in total. The van der Waals surface area contributed by atoms with Crippen molar-refractivity contribution in [2.45, 2.75) is 13.6 Å². The van der Waals surface area contributed by atoms with Gasteiger partial charge >= 0.3 is 6.03 Å². The largest absolute Gasteiger partial charge is 0.331 e. The van der Waals surface area contributed by atoms with Crippen LogP contribution in [0.3, 0.4) is 0 Å². The molecule has 0 unspecified atom stereocenters. The van der Waals surface area contributed by atoms with Gasteiger partial charge in [0.25, 0.3) is 0 Å². The number of urea groups is 1. The highest BCUT2D eigenvalue weighted by atomic mass is 32.1. The predicted molar refractivity (Wildman–Crippen MR) is 79.0 cm³/mol. The lowest BCUT2D eigenvalue weighted by Crippen LogP contribution is -2.51. The summed E-state index contributed by atoms with van der Waals surface area (Å²) < 4.78 is 4.48. The molecule has 0 aliphatic carbocycles. The number of carbonyl (C=O) groups is 1. The van der Waals surface area contributed by atoms with E-state index in [4.69, 9.17) is 12.2 Å². The van der Waals surface area contributed by atoms with E-state index in [9.17, 15) is 4.79 Å². The van der Waals surface area contributed by atoms with Crippen molar-refractivity contribution in [3.8, 4) is 0 Å². The van der Waals surface area contributed by atoms with Crippen LogP contribution in [-0.4, -0.2) is 75.4 Å². The third kappa shape index (κ3) is 3.01. The van der Waals surface area contributed by atoms with Gasteiger partial charge in [-0.2, -0.15) is 5.10 Å². The highest BCUT2D eigenvalue weighted by molar-refractivity contribution is 7.71. The highest BCUT2D eigenvalue weighted by Gasteiger charge is 2.22. The van der Waals surface area contributed by atoms with Crippen molar-refractivity contribution in [3.63, 3.8) is 0 Å². The summed E-state index contributed by atoms with van der Waals surface area (Å²) >= 11 is 5.35. The quantitative estimate of drug-likeness (QED) is 0.747. The van der Waals surface area contributed by atoms with Gasteiger partial charge in [-0.3, -0.25) is 4.90 Å². The Bertz CT molecular complexity index is 541. The molecular formula is C12H22N6OS. The van der Waals surface area contributed by atoms with Crippen molar-refractivity contribution in [1.82, 2.24) is 29.0 Å². The van der Waals surface area contributed by atoms with Gasteiger partial charge in [-0.15, -0.1) is 0 Å². The van der Waals surface area contributed by atoms with E-state index in [1.54, 1.807) is 19.0 Å². The van der Waals surface area contributed by atoms with Crippen molar-refractivity contribution in [1.29, 1.82) is 0 Å². The molecule has 1 aromatic rings. The predicted octanol–water partition coefficient (Wildman–Crippen LogP) is 0.516. The van der Waals surface area contributed by atoms with Crippen LogP contribution in [0.1, 0.15) is 5.82 Å². The number of carbonyl (C=O) groups excluding carboxylic acids is 1. The maximum Gasteiger partial charge on any atom is 0.319 e. The summed E-state index contributed by atoms with van der Waals surface area (Å²) in [4.78, 5) is 17.6. The monoisotopic (exact) mass is 298 g/mol. The lowest BCUT2D eigenvalue weighted by atomic mass is 10.3. The van der Waals surface area contributed by atoms with Crippen LogP contribution in [0.2, 0.25) is 0 Å². The summed E-state index contributed by atoms with van der Waals surface area (Å²) in [7, 11) is 5.49. The van der Waals surface area contributed by atoms with Crippen LogP contribution < -0.4 is 0 Å². The summed E-state index contributed by atoms with van der Waals surface area (Å²) in [5.74, 6) is 0.913. The molecule has 0 saturated carbocycles. The summed E-state index contributed by atoms with van der Waals surface area (Å²) in [5, 5.41) is 4.43. The Morgan fingerprint density at radius 2 is 1.90 bits per heavy atom. The Balaban J connectivity index is 1.93. The highest BCUT2D eigenvalue weighted by Crippen LogP contribution is 2.06. The first kappa shape index (κ1) is 15.0. The first-order chi connectivity index (χ1) is 9.40. The van der Waals surface area contributed by atoms with E-state index < -0.39 is 0 Å². The zero-order valence-electron chi connectivity index (χ0n) is 12.5. The topological polar surface area (TPSA) is 49.5 Å². The van der Waals surface area contributed by atoms with Gasteiger partial charge in [-0.1, -0.05) is 0 Å². The van der Waals surface area contributed by atoms with Crippen molar-refractivity contribution in [3.05, 3.63) is 10.6 Å². The molecule has 1 fully saturated rings. The van der Waals surface area contributed by atoms with Gasteiger partial charge in [0, 0.05) is 47.3 Å². The number of nitrogens with zero attached hydrogens (tertiary/aromatic N) is 6. The van der Waals surface area contributed by atoms with Crippen LogP contribution in [0.4, 0.5) is 4.79 Å². The average Bonchev–Trinajstić information content (AvgIpc) is 2.66. The SMILES string of the molecule is Cc1nn(CN2CCN(C(=O)N(C)C)CC2)c(=S)n1C. The van der Waals surface area contributed by atoms with Gasteiger partial charge in [0.1, 0.15) is 5.82 Å². The van der Waals surface area contributed by atoms with Crippen LogP contribution in [-0.2, 0) is 13.7 Å². The third-order valence-electron chi connectivity index (χ3n) is 3.62. The number of hydrogen-bond donors (Lipinski definition) is 0. The Morgan fingerprint density at radius 3 is 2.35 bits per heavy atom. The third-order valence-corrected chi connectivity index (χ3v) is 4.10. The summed E-state index contributed by atoms with van der Waals surface area (Å²) in [6.45, 7) is 5.81. The van der Waals surface area contributed by atoms with E-state index in [1.807, 2.05) is 28.1 Å². The lowest BCUT2D eigenvalue weighted by molar-refractivity contribution is 0.102. The fourth-order valence-electron chi connectivity index (χ4n) is 2.24. The molecule has 1 saturated heterocycles. The molecule has 8 heteroatoms. The van der Waals surface area contributed by atoms with E-state index in [-0.39, 0.29) is 6.03 Å². The maximum atomic E-state index is 11.9. The van der Waals surface area contributed by atoms with Crippen LogP contribution >= 0.6 is 12.2 Å². The number of amides is 2. The number of rotatable bonds is 2. The normalized spacial score (nSPS) is 16.5. The van der Waals surface area contributed by atoms with Crippen LogP contribution in [0.15, 0.2) is 0 Å². The van der Waals surface area contributed by atoms with Gasteiger partial charge in [-0.25, -0.2) is 9.48 Å². The molecule has 0 bridgehead atoms. The minimum Gasteiger partial charge on any atom is -0.331 e. The van der Waals surface area contributed by atoms with Crippen LogP contribution in [0.25, 0.3) is 0 Å². The van der Waals surface area contributed by atoms with Gasteiger partial charge < -0.3 is 14.4 Å². The van der Waals surface area contributed by atoms with Gasteiger partial charge in [-0.05, 0) is 19.1 Å². The fraction of sp³-hybridized carbons (Fsp3) is 0.750. The van der Waals surface area contributed by atoms with Gasteiger partial charge in [0.15, 0.2) is 4.77 Å². The first-order valence-electron chi connectivity index (χ1n) is 6.69. The average molecular weight is 298 g/mol. The van der Waals surface area contributed by atoms with Crippen molar-refractivity contribution in [2.24, 2.45) is 7.05 Å². The van der Waals surface area contributed by atoms with E-state index >= 15 is 0 Å². The number of hydrogen-bond acceptors (Lipinski definition) is 4. The number of piperazine rings is 1. The maximum absolute atomic E-state index is 11.9. The second kappa shape index (κ2) is 5.92. The molecular weight excluding hydrogens is 276 g/mol. The molecule has 0 aromatic carbocycles. The first-order valence-corrected chi connectivity index (χ1v) is 7.10. The second-order valence-corrected chi connectivity index (χ2v) is 5.68. The van der Waals surface area contributed by atoms with Crippen molar-refractivity contribution < 1.29 is 4.79 Å². The molecule has 0 radical (unpaired) electrons. The molecule has 2 amide bonds. The van der Waals surface area contributed by atoms with Crippen molar-refractivity contribution >= 4 is 18.2 Å². The Kier molecular flexibility index (Phi) is 4.44. The minimum absolute atomic E-state index is 0.0786. The Hall–Kier alpha value is -1.41. The lowest BCUT2D eigenvalue weighted by Gasteiger charge is -2.35. The van der Waals surface area contributed by atoms with Crippen molar-refractivity contribution in [2.75, 3.05) is 40.3 Å². The minimum atomic E-state index is 0.0786. The molecule has 1 aliphatic heterocycles. The Labute approximate surface area is 124 Å². The molecule has 2 heterocycles. The van der Waals surface area contributed by atoms with Gasteiger partial charge in [0.05, 0.1) is 6.67 Å². The molecule has 0 atom stereocenters. The summed E-state index contributed by atoms with van der Waals surface area (Å²) in [6.07, 6.45) is 0. The molecule has 112 valence electrons. The zero-order valence-corrected chi connectivity index (χ0v) is 13.4. The molecule has 1 aromatic heterocycles. The summed E-state index contributed by atoms with van der Waals surface area (Å²) in [5.41, 5.74) is 0. The van der Waals surface area contributed by atoms with E-state index in [2.05, 4.69) is 10.00 Å². The van der Waals surface area contributed by atoms with E-state index in [0.29, 0.717) is 6.67 Å². The molecule has 0 spiro atoms. The summed E-state index contributed by atoms with van der Waals surface area (Å²) in [6, 6.07) is 0.0786. The van der Waals surface area contributed by atoms with Crippen LogP contribution in [0.5, 0.6) is 0 Å². The number of aryl methyl sites for hydroxylation is 1. The Morgan fingerprint density at radius 1 is 1.30 bits per heavy atom. The molecule has 2 rings (SSSR count). The molecule has 0 N–H and O–H groups in total.